The van der Waals surface area contributed by atoms with E-state index in [2.05, 4.69) is 26.2 Å². The van der Waals surface area contributed by atoms with Crippen LogP contribution in [0.2, 0.25) is 0 Å². The van der Waals surface area contributed by atoms with Gasteiger partial charge in [0.2, 0.25) is 5.91 Å². The molecule has 1 saturated heterocycles. The molecule has 4 rings (SSSR count). The molecular formula is C25H30N4O5. The molecule has 9 nitrogen and oxygen atoms in total. The number of para-hydroxylation sites is 2. The predicted octanol–water partition coefficient (Wildman–Crippen LogP) is 3.12. The number of carbonyl (C=O) groups excluding carboxylic acids is 2. The van der Waals surface area contributed by atoms with E-state index in [1.54, 1.807) is 26.4 Å². The molecule has 9 heteroatoms. The standard InChI is InChI=1S/C25H30N4O5/c1-32-17-8-9-18-19(16-17)26-24(25(31)34-3)23(18)27-22(30)10-11-28-12-14-29(15-13-28)20-6-4-5-7-21(20)33-2/h4-9,16,26H,10-15H2,1-3H3,(H,27,30). The molecule has 0 spiro atoms. The second-order valence-corrected chi connectivity index (χ2v) is 8.08. The highest BCUT2D eigenvalue weighted by Gasteiger charge is 2.23. The van der Waals surface area contributed by atoms with Gasteiger partial charge in [-0.15, -0.1) is 0 Å². The Morgan fingerprint density at radius 3 is 2.47 bits per heavy atom. The maximum Gasteiger partial charge on any atom is 0.356 e. The van der Waals surface area contributed by atoms with Crippen molar-refractivity contribution in [3.8, 4) is 11.5 Å². The first-order valence-electron chi connectivity index (χ1n) is 11.2. The minimum Gasteiger partial charge on any atom is -0.497 e. The van der Waals surface area contributed by atoms with Crippen molar-refractivity contribution in [1.29, 1.82) is 0 Å². The first kappa shape index (κ1) is 23.4. The summed E-state index contributed by atoms with van der Waals surface area (Å²) < 4.78 is 15.6. The molecule has 0 unspecified atom stereocenters. The lowest BCUT2D eigenvalue weighted by molar-refractivity contribution is -0.116. The fourth-order valence-electron chi connectivity index (χ4n) is 4.25. The van der Waals surface area contributed by atoms with E-state index in [-0.39, 0.29) is 11.6 Å². The molecule has 2 heterocycles. The number of anilines is 2. The van der Waals surface area contributed by atoms with Crippen LogP contribution >= 0.6 is 0 Å². The van der Waals surface area contributed by atoms with Crippen molar-refractivity contribution in [2.45, 2.75) is 6.42 Å². The molecule has 0 radical (unpaired) electrons. The minimum atomic E-state index is -0.544. The van der Waals surface area contributed by atoms with Gasteiger partial charge in [-0.05, 0) is 24.3 Å². The number of aromatic amines is 1. The third kappa shape index (κ3) is 4.94. The van der Waals surface area contributed by atoms with E-state index in [0.29, 0.717) is 29.9 Å². The normalized spacial score (nSPS) is 14.1. The number of hydrogen-bond acceptors (Lipinski definition) is 7. The van der Waals surface area contributed by atoms with Crippen LogP contribution in [0.15, 0.2) is 42.5 Å². The van der Waals surface area contributed by atoms with Crippen LogP contribution in [0.4, 0.5) is 11.4 Å². The third-order valence-corrected chi connectivity index (χ3v) is 6.11. The van der Waals surface area contributed by atoms with Crippen molar-refractivity contribution in [1.82, 2.24) is 9.88 Å². The highest BCUT2D eigenvalue weighted by atomic mass is 16.5. The smallest absolute Gasteiger partial charge is 0.356 e. The number of carbonyl (C=O) groups is 2. The molecule has 1 aromatic heterocycles. The largest absolute Gasteiger partial charge is 0.497 e. The topological polar surface area (TPSA) is 96.1 Å². The number of nitrogens with one attached hydrogen (secondary N) is 2. The number of fused-ring (bicyclic) bond motifs is 1. The summed E-state index contributed by atoms with van der Waals surface area (Å²) in [6, 6.07) is 13.4. The van der Waals surface area contributed by atoms with Crippen LogP contribution in [0.3, 0.4) is 0 Å². The Morgan fingerprint density at radius 2 is 1.76 bits per heavy atom. The molecule has 3 aromatic rings. The molecule has 0 aliphatic carbocycles. The van der Waals surface area contributed by atoms with Crippen molar-refractivity contribution >= 4 is 34.2 Å². The lowest BCUT2D eigenvalue weighted by Gasteiger charge is -2.36. The van der Waals surface area contributed by atoms with E-state index in [9.17, 15) is 9.59 Å². The summed E-state index contributed by atoms with van der Waals surface area (Å²) in [5.41, 5.74) is 2.41. The molecule has 180 valence electrons. The number of piperazine rings is 1. The van der Waals surface area contributed by atoms with Gasteiger partial charge in [0, 0.05) is 50.6 Å². The first-order chi connectivity index (χ1) is 16.5. The number of rotatable bonds is 8. The SMILES string of the molecule is COC(=O)c1[nH]c2cc(OC)ccc2c1NC(=O)CCN1CCN(c2ccccc2OC)CC1. The van der Waals surface area contributed by atoms with Crippen molar-refractivity contribution in [3.63, 3.8) is 0 Å². The molecule has 0 bridgehead atoms. The van der Waals surface area contributed by atoms with Crippen LogP contribution in [0, 0.1) is 0 Å². The Balaban J connectivity index is 1.37. The Hall–Kier alpha value is -3.72. The second-order valence-electron chi connectivity index (χ2n) is 8.08. The average molecular weight is 467 g/mol. The van der Waals surface area contributed by atoms with Crippen molar-refractivity contribution in [3.05, 3.63) is 48.2 Å². The zero-order chi connectivity index (χ0) is 24.1. The van der Waals surface area contributed by atoms with Crippen molar-refractivity contribution in [2.24, 2.45) is 0 Å². The lowest BCUT2D eigenvalue weighted by atomic mass is 10.2. The van der Waals surface area contributed by atoms with Crippen molar-refractivity contribution in [2.75, 3.05) is 64.3 Å². The lowest BCUT2D eigenvalue weighted by Crippen LogP contribution is -2.47. The molecule has 34 heavy (non-hydrogen) atoms. The number of amides is 1. The number of H-pyrrole nitrogens is 1. The quantitative estimate of drug-likeness (QED) is 0.493. The van der Waals surface area contributed by atoms with E-state index in [4.69, 9.17) is 14.2 Å². The number of esters is 1. The fourth-order valence-corrected chi connectivity index (χ4v) is 4.25. The van der Waals surface area contributed by atoms with E-state index in [1.165, 1.54) is 7.11 Å². The number of benzene rings is 2. The van der Waals surface area contributed by atoms with Gasteiger partial charge in [0.15, 0.2) is 0 Å². The Labute approximate surface area is 198 Å². The summed E-state index contributed by atoms with van der Waals surface area (Å²) in [5, 5.41) is 3.63. The Bertz CT molecular complexity index is 1170. The van der Waals surface area contributed by atoms with Gasteiger partial charge < -0.3 is 29.4 Å². The van der Waals surface area contributed by atoms with E-state index in [1.807, 2.05) is 24.3 Å². The molecule has 1 aliphatic heterocycles. The van der Waals surface area contributed by atoms with Gasteiger partial charge in [-0.3, -0.25) is 9.69 Å². The summed E-state index contributed by atoms with van der Waals surface area (Å²) >= 11 is 0. The summed E-state index contributed by atoms with van der Waals surface area (Å²) in [7, 11) is 4.57. The zero-order valence-electron chi connectivity index (χ0n) is 19.7. The highest BCUT2D eigenvalue weighted by Crippen LogP contribution is 2.31. The third-order valence-electron chi connectivity index (χ3n) is 6.11. The van der Waals surface area contributed by atoms with Gasteiger partial charge >= 0.3 is 5.97 Å². The number of nitrogens with zero attached hydrogens (tertiary/aromatic N) is 2. The van der Waals surface area contributed by atoms with Crippen LogP contribution < -0.4 is 19.7 Å². The molecular weight excluding hydrogens is 436 g/mol. The van der Waals surface area contributed by atoms with Crippen LogP contribution in [-0.4, -0.2) is 75.8 Å². The van der Waals surface area contributed by atoms with Crippen LogP contribution in [0.5, 0.6) is 11.5 Å². The molecule has 2 aromatic carbocycles. The molecule has 0 atom stereocenters. The van der Waals surface area contributed by atoms with Gasteiger partial charge in [0.25, 0.3) is 0 Å². The average Bonchev–Trinajstić information content (AvgIpc) is 3.24. The van der Waals surface area contributed by atoms with E-state index < -0.39 is 5.97 Å². The van der Waals surface area contributed by atoms with Gasteiger partial charge in [0.05, 0.1) is 38.2 Å². The summed E-state index contributed by atoms with van der Waals surface area (Å²) in [4.78, 5) is 32.7. The van der Waals surface area contributed by atoms with Crippen LogP contribution in [0.25, 0.3) is 10.9 Å². The first-order valence-corrected chi connectivity index (χ1v) is 11.2. The number of methoxy groups -OCH3 is 3. The van der Waals surface area contributed by atoms with E-state index >= 15 is 0 Å². The Kier molecular flexibility index (Phi) is 7.22. The number of hydrogen-bond donors (Lipinski definition) is 2. The second kappa shape index (κ2) is 10.5. The maximum absolute atomic E-state index is 12.8. The summed E-state index contributed by atoms with van der Waals surface area (Å²) in [6.45, 7) is 4.06. The molecule has 1 amide bonds. The maximum atomic E-state index is 12.8. The molecule has 1 fully saturated rings. The van der Waals surface area contributed by atoms with Gasteiger partial charge in [-0.1, -0.05) is 12.1 Å². The fraction of sp³-hybridized carbons (Fsp3) is 0.360. The number of ether oxygens (including phenoxy) is 3. The van der Waals surface area contributed by atoms with Gasteiger partial charge in [-0.2, -0.15) is 0 Å². The Morgan fingerprint density at radius 1 is 1.00 bits per heavy atom. The van der Waals surface area contributed by atoms with Crippen molar-refractivity contribution < 1.29 is 23.8 Å². The summed E-state index contributed by atoms with van der Waals surface area (Å²) in [5.74, 6) is 0.815. The molecule has 1 aliphatic rings. The van der Waals surface area contributed by atoms with Gasteiger partial charge in [0.1, 0.15) is 17.2 Å². The molecule has 2 N–H and O–H groups in total. The van der Waals surface area contributed by atoms with E-state index in [0.717, 1.165) is 43.0 Å². The predicted molar refractivity (Wildman–Crippen MR) is 131 cm³/mol. The summed E-state index contributed by atoms with van der Waals surface area (Å²) in [6.07, 6.45) is 0.318. The van der Waals surface area contributed by atoms with Gasteiger partial charge in [-0.25, -0.2) is 4.79 Å². The molecule has 0 saturated carbocycles. The van der Waals surface area contributed by atoms with Crippen LogP contribution in [0.1, 0.15) is 16.9 Å². The zero-order valence-corrected chi connectivity index (χ0v) is 19.7. The number of aromatic nitrogens is 1. The van der Waals surface area contributed by atoms with Crippen LogP contribution in [-0.2, 0) is 9.53 Å². The highest BCUT2D eigenvalue weighted by molar-refractivity contribution is 6.11. The monoisotopic (exact) mass is 466 g/mol. The minimum absolute atomic E-state index is 0.158.